The van der Waals surface area contributed by atoms with E-state index in [9.17, 15) is 9.59 Å². The van der Waals surface area contributed by atoms with E-state index in [2.05, 4.69) is 6.92 Å². The molecule has 114 valence electrons. The second kappa shape index (κ2) is 9.92. The number of ether oxygens (including phenoxy) is 1. The van der Waals surface area contributed by atoms with Crippen LogP contribution < -0.4 is 0 Å². The Morgan fingerprint density at radius 3 is 2.33 bits per heavy atom. The van der Waals surface area contributed by atoms with Gasteiger partial charge in [-0.3, -0.25) is 4.79 Å². The molecular formula is C18H24O3. The first kappa shape index (κ1) is 17.2. The van der Waals surface area contributed by atoms with Gasteiger partial charge in [0.1, 0.15) is 5.57 Å². The molecule has 0 heterocycles. The molecule has 0 atom stereocenters. The van der Waals surface area contributed by atoms with Crippen molar-refractivity contribution in [2.24, 2.45) is 0 Å². The third-order valence-electron chi connectivity index (χ3n) is 3.19. The zero-order valence-corrected chi connectivity index (χ0v) is 12.9. The molecule has 1 aromatic rings. The smallest absolute Gasteiger partial charge is 0.341 e. The van der Waals surface area contributed by atoms with Gasteiger partial charge in [-0.15, -0.1) is 0 Å². The predicted molar refractivity (Wildman–Crippen MR) is 84.8 cm³/mol. The first-order valence-electron chi connectivity index (χ1n) is 7.60. The zero-order chi connectivity index (χ0) is 15.5. The van der Waals surface area contributed by atoms with Crippen LogP contribution in [0.2, 0.25) is 0 Å². The van der Waals surface area contributed by atoms with Crippen LogP contribution >= 0.6 is 0 Å². The summed E-state index contributed by atoms with van der Waals surface area (Å²) in [6, 6.07) is 9.31. The number of esters is 1. The maximum Gasteiger partial charge on any atom is 0.341 e. The van der Waals surface area contributed by atoms with Crippen LogP contribution in [-0.2, 0) is 14.3 Å². The summed E-state index contributed by atoms with van der Waals surface area (Å²) in [6.45, 7) is 3.92. The maximum atomic E-state index is 12.0. The van der Waals surface area contributed by atoms with Crippen molar-refractivity contribution in [1.82, 2.24) is 0 Å². The second-order valence-electron chi connectivity index (χ2n) is 5.08. The second-order valence-corrected chi connectivity index (χ2v) is 5.08. The van der Waals surface area contributed by atoms with Crippen molar-refractivity contribution in [3.05, 3.63) is 41.5 Å². The van der Waals surface area contributed by atoms with Crippen molar-refractivity contribution < 1.29 is 14.3 Å². The molecule has 3 nitrogen and oxygen atoms in total. The number of ketones is 1. The molecule has 0 amide bonds. The zero-order valence-electron chi connectivity index (χ0n) is 12.9. The van der Waals surface area contributed by atoms with Crippen LogP contribution in [0.15, 0.2) is 35.9 Å². The lowest BCUT2D eigenvalue weighted by molar-refractivity contribution is -0.140. The van der Waals surface area contributed by atoms with E-state index < -0.39 is 5.97 Å². The van der Waals surface area contributed by atoms with Gasteiger partial charge in [0.05, 0.1) is 6.61 Å². The Kier molecular flexibility index (Phi) is 8.10. The number of hydrogen-bond acceptors (Lipinski definition) is 3. The number of unbranched alkanes of at least 4 members (excludes halogenated alkanes) is 4. The molecular weight excluding hydrogens is 264 g/mol. The fourth-order valence-corrected chi connectivity index (χ4v) is 1.97. The number of hydrogen-bond donors (Lipinski definition) is 0. The van der Waals surface area contributed by atoms with E-state index in [1.807, 2.05) is 30.3 Å². The van der Waals surface area contributed by atoms with Crippen LogP contribution in [0.3, 0.4) is 0 Å². The number of Topliss-reactive ketones (excluding diaryl/α,β-unsaturated/α-hetero) is 1. The molecule has 0 saturated carbocycles. The molecule has 0 aliphatic carbocycles. The lowest BCUT2D eigenvalue weighted by atomic mass is 10.1. The molecule has 1 rings (SSSR count). The van der Waals surface area contributed by atoms with Crippen molar-refractivity contribution in [3.8, 4) is 0 Å². The van der Waals surface area contributed by atoms with Crippen LogP contribution in [0, 0.1) is 0 Å². The Bertz CT molecular complexity index is 474. The normalized spacial score (nSPS) is 11.2. The van der Waals surface area contributed by atoms with E-state index >= 15 is 0 Å². The Labute approximate surface area is 127 Å². The lowest BCUT2D eigenvalue weighted by Gasteiger charge is -2.06. The highest BCUT2D eigenvalue weighted by molar-refractivity contribution is 6.19. The molecule has 0 fully saturated rings. The summed E-state index contributed by atoms with van der Waals surface area (Å²) in [6.07, 6.45) is 7.05. The van der Waals surface area contributed by atoms with Crippen LogP contribution in [-0.4, -0.2) is 18.4 Å². The summed E-state index contributed by atoms with van der Waals surface area (Å²) in [4.78, 5) is 23.6. The minimum absolute atomic E-state index is 0.106. The van der Waals surface area contributed by atoms with Gasteiger partial charge in [0.25, 0.3) is 0 Å². The molecule has 0 aliphatic heterocycles. The van der Waals surface area contributed by atoms with Gasteiger partial charge in [0.2, 0.25) is 0 Å². The highest BCUT2D eigenvalue weighted by Gasteiger charge is 2.15. The SMILES string of the molecule is CCCCCCCOC(=O)C(=Cc1ccccc1)C(C)=O. The fraction of sp³-hybridized carbons (Fsp3) is 0.444. The molecule has 0 N–H and O–H groups in total. The fourth-order valence-electron chi connectivity index (χ4n) is 1.97. The number of carbonyl (C=O) groups excluding carboxylic acids is 2. The average molecular weight is 288 g/mol. The van der Waals surface area contributed by atoms with E-state index in [0.29, 0.717) is 6.61 Å². The lowest BCUT2D eigenvalue weighted by Crippen LogP contribution is -2.14. The summed E-state index contributed by atoms with van der Waals surface area (Å²) in [5.74, 6) is -0.795. The highest BCUT2D eigenvalue weighted by atomic mass is 16.5. The van der Waals surface area contributed by atoms with E-state index in [-0.39, 0.29) is 11.4 Å². The van der Waals surface area contributed by atoms with Crippen LogP contribution in [0.5, 0.6) is 0 Å². The minimum Gasteiger partial charge on any atom is -0.462 e. The van der Waals surface area contributed by atoms with Crippen LogP contribution in [0.25, 0.3) is 6.08 Å². The summed E-state index contributed by atoms with van der Waals surface area (Å²) >= 11 is 0. The minimum atomic E-state index is -0.526. The summed E-state index contributed by atoms with van der Waals surface area (Å²) < 4.78 is 5.19. The van der Waals surface area contributed by atoms with Gasteiger partial charge < -0.3 is 4.74 Å². The van der Waals surface area contributed by atoms with Crippen molar-refractivity contribution in [2.75, 3.05) is 6.61 Å². The first-order valence-corrected chi connectivity index (χ1v) is 7.60. The maximum absolute atomic E-state index is 12.0. The van der Waals surface area contributed by atoms with E-state index in [1.54, 1.807) is 6.08 Å². The van der Waals surface area contributed by atoms with Gasteiger partial charge in [-0.1, -0.05) is 62.9 Å². The topological polar surface area (TPSA) is 43.4 Å². The van der Waals surface area contributed by atoms with Gasteiger partial charge in [-0.05, 0) is 25.0 Å². The average Bonchev–Trinajstić information content (AvgIpc) is 2.49. The molecule has 0 radical (unpaired) electrons. The van der Waals surface area contributed by atoms with Crippen molar-refractivity contribution >= 4 is 17.8 Å². The predicted octanol–water partition coefficient (Wildman–Crippen LogP) is 4.17. The molecule has 0 saturated heterocycles. The Morgan fingerprint density at radius 1 is 1.05 bits per heavy atom. The Morgan fingerprint density at radius 2 is 1.71 bits per heavy atom. The Balaban J connectivity index is 2.51. The van der Waals surface area contributed by atoms with E-state index in [0.717, 1.165) is 24.8 Å². The molecule has 0 aliphatic rings. The quantitative estimate of drug-likeness (QED) is 0.225. The molecule has 0 spiro atoms. The molecule has 0 bridgehead atoms. The Hall–Kier alpha value is -1.90. The number of carbonyl (C=O) groups is 2. The third-order valence-corrected chi connectivity index (χ3v) is 3.19. The largest absolute Gasteiger partial charge is 0.462 e. The van der Waals surface area contributed by atoms with E-state index in [4.69, 9.17) is 4.74 Å². The number of benzene rings is 1. The van der Waals surface area contributed by atoms with Crippen LogP contribution in [0.1, 0.15) is 51.5 Å². The molecule has 3 heteroatoms. The standard InChI is InChI=1S/C18H24O3/c1-3-4-5-6-10-13-21-18(20)17(15(2)19)14-16-11-8-7-9-12-16/h7-9,11-12,14H,3-6,10,13H2,1-2H3. The number of rotatable bonds is 9. The van der Waals surface area contributed by atoms with Crippen molar-refractivity contribution in [2.45, 2.75) is 46.0 Å². The van der Waals surface area contributed by atoms with Gasteiger partial charge in [-0.2, -0.15) is 0 Å². The molecule has 0 aromatic heterocycles. The highest BCUT2D eigenvalue weighted by Crippen LogP contribution is 2.10. The first-order chi connectivity index (χ1) is 10.1. The van der Waals surface area contributed by atoms with Gasteiger partial charge in [-0.25, -0.2) is 4.79 Å². The van der Waals surface area contributed by atoms with Crippen molar-refractivity contribution in [1.29, 1.82) is 0 Å². The molecule has 1 aromatic carbocycles. The van der Waals surface area contributed by atoms with E-state index in [1.165, 1.54) is 19.8 Å². The molecule has 21 heavy (non-hydrogen) atoms. The summed E-state index contributed by atoms with van der Waals surface area (Å²) in [5, 5.41) is 0. The van der Waals surface area contributed by atoms with Crippen molar-refractivity contribution in [3.63, 3.8) is 0 Å². The van der Waals surface area contributed by atoms with Crippen LogP contribution in [0.4, 0.5) is 0 Å². The van der Waals surface area contributed by atoms with Gasteiger partial charge in [0.15, 0.2) is 5.78 Å². The summed E-state index contributed by atoms with van der Waals surface area (Å²) in [7, 11) is 0. The third kappa shape index (κ3) is 6.89. The monoisotopic (exact) mass is 288 g/mol. The summed E-state index contributed by atoms with van der Waals surface area (Å²) in [5.41, 5.74) is 0.928. The molecule has 0 unspecified atom stereocenters. The van der Waals surface area contributed by atoms with Gasteiger partial charge >= 0.3 is 5.97 Å². The van der Waals surface area contributed by atoms with Gasteiger partial charge in [0, 0.05) is 0 Å².